The van der Waals surface area contributed by atoms with Crippen molar-refractivity contribution in [3.05, 3.63) is 0 Å². The van der Waals surface area contributed by atoms with Crippen LogP contribution >= 0.6 is 11.6 Å². The zero-order valence-corrected chi connectivity index (χ0v) is 23.7. The summed E-state index contributed by atoms with van der Waals surface area (Å²) in [5, 5.41) is 6.05. The summed E-state index contributed by atoms with van der Waals surface area (Å²) in [7, 11) is 0.381. The SMILES string of the molecule is CN(C(=O)C1CCS(=O)CC1)[C@@H](C1CCC(N2CCC3(CC3)C3C2CNC2CC(Cl)NN23)CC1)C(F)(F)F. The molecule has 2 N–H and O–H groups in total. The Kier molecular flexibility index (Phi) is 7.60. The highest BCUT2D eigenvalue weighted by molar-refractivity contribution is 7.85. The summed E-state index contributed by atoms with van der Waals surface area (Å²) < 4.78 is 54.8. The highest BCUT2D eigenvalue weighted by Gasteiger charge is 2.62. The molecule has 4 heterocycles. The fourth-order valence-corrected chi connectivity index (χ4v) is 10.0. The van der Waals surface area contributed by atoms with E-state index in [1.165, 1.54) is 19.9 Å². The molecule has 6 rings (SSSR count). The van der Waals surface area contributed by atoms with Crippen LogP contribution in [0.15, 0.2) is 0 Å². The van der Waals surface area contributed by atoms with E-state index in [4.69, 9.17) is 11.6 Å². The summed E-state index contributed by atoms with van der Waals surface area (Å²) >= 11 is 6.46. The van der Waals surface area contributed by atoms with Crippen molar-refractivity contribution in [1.82, 2.24) is 25.6 Å². The number of fused-ring (bicyclic) bond motifs is 4. The third-order valence-corrected chi connectivity index (χ3v) is 12.2. The molecule has 0 bridgehead atoms. The van der Waals surface area contributed by atoms with E-state index < -0.39 is 40.8 Å². The summed E-state index contributed by atoms with van der Waals surface area (Å²) in [4.78, 5) is 16.7. The first kappa shape index (κ1) is 27.7. The van der Waals surface area contributed by atoms with Crippen molar-refractivity contribution in [2.24, 2.45) is 17.3 Å². The Hall–Kier alpha value is -0.460. The zero-order chi connectivity index (χ0) is 26.8. The van der Waals surface area contributed by atoms with Crippen LogP contribution in [0.2, 0.25) is 0 Å². The van der Waals surface area contributed by atoms with Crippen LogP contribution in [0.3, 0.4) is 0 Å². The van der Waals surface area contributed by atoms with Crippen molar-refractivity contribution in [2.45, 2.75) is 106 Å². The maximum atomic E-state index is 14.4. The summed E-state index contributed by atoms with van der Waals surface area (Å²) in [5.41, 5.74) is 3.78. The minimum absolute atomic E-state index is 0.0670. The van der Waals surface area contributed by atoms with Crippen LogP contribution in [0.4, 0.5) is 13.2 Å². The number of halogens is 4. The van der Waals surface area contributed by atoms with Gasteiger partial charge in [-0.3, -0.25) is 19.2 Å². The Labute approximate surface area is 231 Å². The minimum Gasteiger partial charge on any atom is -0.333 e. The monoisotopic (exact) mass is 579 g/mol. The van der Waals surface area contributed by atoms with E-state index in [0.717, 1.165) is 43.7 Å². The van der Waals surface area contributed by atoms with E-state index in [1.54, 1.807) is 0 Å². The molecule has 0 aromatic rings. The number of piperidine rings is 1. The number of amides is 1. The van der Waals surface area contributed by atoms with Crippen LogP contribution in [0.25, 0.3) is 0 Å². The fourth-order valence-electron chi connectivity index (χ4n) is 8.47. The minimum atomic E-state index is -4.46. The Balaban J connectivity index is 1.12. The Morgan fingerprint density at radius 2 is 1.79 bits per heavy atom. The normalized spacial score (nSPS) is 42.3. The molecule has 6 aliphatic rings. The Morgan fingerprint density at radius 3 is 2.42 bits per heavy atom. The number of carbonyl (C=O) groups is 1. The lowest BCUT2D eigenvalue weighted by molar-refractivity contribution is -0.203. The molecule has 12 heteroatoms. The van der Waals surface area contributed by atoms with Gasteiger partial charge in [0.2, 0.25) is 5.91 Å². The van der Waals surface area contributed by atoms with Crippen LogP contribution in [-0.2, 0) is 15.6 Å². The number of nitrogens with zero attached hydrogens (tertiary/aromatic N) is 3. The van der Waals surface area contributed by atoms with Crippen LogP contribution in [0.5, 0.6) is 0 Å². The van der Waals surface area contributed by atoms with Gasteiger partial charge in [-0.25, -0.2) is 10.4 Å². The number of likely N-dealkylation sites (tertiary alicyclic amines) is 1. The van der Waals surface area contributed by atoms with Gasteiger partial charge in [0.1, 0.15) is 6.04 Å². The highest BCUT2D eigenvalue weighted by atomic mass is 35.5. The second-order valence-electron chi connectivity index (χ2n) is 12.7. The van der Waals surface area contributed by atoms with E-state index in [0.29, 0.717) is 54.7 Å². The number of carbonyl (C=O) groups excluding carboxylic acids is 1. The lowest BCUT2D eigenvalue weighted by Gasteiger charge is -2.57. The molecule has 216 valence electrons. The van der Waals surface area contributed by atoms with Gasteiger partial charge in [0.25, 0.3) is 0 Å². The molecule has 1 amide bonds. The first-order valence-electron chi connectivity index (χ1n) is 14.4. The average Bonchev–Trinajstić information content (AvgIpc) is 3.54. The molecular weight excluding hydrogens is 539 g/mol. The molecule has 0 aromatic heterocycles. The standard InChI is InChI=1S/C26H41ClF3N5O2S/c1-33(24(36)17-6-12-38(37)13-7-17)22(26(28,29)30)16-2-4-18(5-3-16)34-11-10-25(8-9-25)23-19(34)15-31-21-14-20(27)32-35(21)23/h16-23,31-32H,2-15H2,1H3/t16?,17?,18?,19?,20?,21?,22-,23?,38?/m0/s1. The predicted octanol–water partition coefficient (Wildman–Crippen LogP) is 3.02. The fraction of sp³-hybridized carbons (Fsp3) is 0.962. The first-order chi connectivity index (χ1) is 18.1. The van der Waals surface area contributed by atoms with Crippen molar-refractivity contribution in [3.8, 4) is 0 Å². The Bertz CT molecular complexity index is 921. The van der Waals surface area contributed by atoms with Gasteiger partial charge in [-0.05, 0) is 75.7 Å². The van der Waals surface area contributed by atoms with Gasteiger partial charge < -0.3 is 4.90 Å². The molecule has 7 nitrogen and oxygen atoms in total. The molecular formula is C26H41ClF3N5O2S. The van der Waals surface area contributed by atoms with Crippen LogP contribution in [0.1, 0.15) is 64.2 Å². The van der Waals surface area contributed by atoms with E-state index in [1.807, 2.05) is 0 Å². The summed E-state index contributed by atoms with van der Waals surface area (Å²) in [5.74, 6) is -0.662. The third-order valence-electron chi connectivity index (χ3n) is 10.6. The third kappa shape index (κ3) is 5.06. The molecule has 4 aliphatic heterocycles. The molecule has 0 aromatic carbocycles. The van der Waals surface area contributed by atoms with Crippen LogP contribution < -0.4 is 10.7 Å². The molecule has 4 unspecified atom stereocenters. The zero-order valence-electron chi connectivity index (χ0n) is 22.1. The summed E-state index contributed by atoms with van der Waals surface area (Å²) in [6, 6.07) is -0.761. The lowest BCUT2D eigenvalue weighted by Crippen LogP contribution is -2.73. The molecule has 4 saturated heterocycles. The van der Waals surface area contributed by atoms with E-state index in [2.05, 4.69) is 20.7 Å². The van der Waals surface area contributed by atoms with Gasteiger partial charge in [0.05, 0.1) is 11.7 Å². The topological polar surface area (TPSA) is 67.9 Å². The smallest absolute Gasteiger partial charge is 0.333 e. The van der Waals surface area contributed by atoms with E-state index in [9.17, 15) is 22.2 Å². The predicted molar refractivity (Wildman–Crippen MR) is 141 cm³/mol. The van der Waals surface area contributed by atoms with E-state index in [-0.39, 0.29) is 17.7 Å². The summed E-state index contributed by atoms with van der Waals surface area (Å²) in [6.07, 6.45) is 3.52. The molecule has 5 atom stereocenters. The maximum Gasteiger partial charge on any atom is 0.409 e. The van der Waals surface area contributed by atoms with Crippen molar-refractivity contribution in [3.63, 3.8) is 0 Å². The maximum absolute atomic E-state index is 14.4. The number of hydrogen-bond acceptors (Lipinski definition) is 6. The number of alkyl halides is 4. The molecule has 0 radical (unpaired) electrons. The first-order valence-corrected chi connectivity index (χ1v) is 16.4. The van der Waals surface area contributed by atoms with Crippen LogP contribution in [0, 0.1) is 17.3 Å². The van der Waals surface area contributed by atoms with Crippen molar-refractivity contribution < 1.29 is 22.2 Å². The molecule has 1 spiro atoms. The molecule has 6 fully saturated rings. The van der Waals surface area contributed by atoms with Crippen LogP contribution in [-0.4, -0.2) is 98.6 Å². The summed E-state index contributed by atoms with van der Waals surface area (Å²) in [6.45, 7) is 1.90. The van der Waals surface area contributed by atoms with Crippen molar-refractivity contribution >= 4 is 28.3 Å². The van der Waals surface area contributed by atoms with Crippen molar-refractivity contribution in [2.75, 3.05) is 31.6 Å². The highest BCUT2D eigenvalue weighted by Crippen LogP contribution is 2.58. The van der Waals surface area contributed by atoms with Gasteiger partial charge in [0.15, 0.2) is 0 Å². The number of hydrogen-bond donors (Lipinski definition) is 2. The largest absolute Gasteiger partial charge is 0.409 e. The lowest BCUT2D eigenvalue weighted by atomic mass is 9.76. The number of nitrogens with one attached hydrogen (secondary N) is 2. The average molecular weight is 580 g/mol. The number of hydrazine groups is 1. The number of rotatable bonds is 4. The second kappa shape index (κ2) is 10.4. The van der Waals surface area contributed by atoms with Gasteiger partial charge in [-0.15, -0.1) is 11.6 Å². The Morgan fingerprint density at radius 1 is 1.11 bits per heavy atom. The van der Waals surface area contributed by atoms with Gasteiger partial charge in [0, 0.05) is 66.4 Å². The van der Waals surface area contributed by atoms with Gasteiger partial charge in [-0.2, -0.15) is 13.2 Å². The molecule has 2 aliphatic carbocycles. The van der Waals surface area contributed by atoms with Gasteiger partial charge in [-0.1, -0.05) is 0 Å². The second-order valence-corrected chi connectivity index (χ2v) is 14.9. The van der Waals surface area contributed by atoms with E-state index >= 15 is 0 Å². The molecule has 38 heavy (non-hydrogen) atoms. The quantitative estimate of drug-likeness (QED) is 0.394. The van der Waals surface area contributed by atoms with Gasteiger partial charge >= 0.3 is 6.18 Å². The molecule has 2 saturated carbocycles. The van der Waals surface area contributed by atoms with Crippen molar-refractivity contribution in [1.29, 1.82) is 0 Å².